The maximum Gasteiger partial charge on any atom is 0.222 e. The van der Waals surface area contributed by atoms with Gasteiger partial charge in [0.2, 0.25) is 17.7 Å². The molecule has 7 unspecified atom stereocenters. The average Bonchev–Trinajstić information content (AvgIpc) is 3.97. The highest BCUT2D eigenvalue weighted by Gasteiger charge is 2.57. The fraction of sp³-hybridized carbons (Fsp3) is 0.898. The van der Waals surface area contributed by atoms with Gasteiger partial charge in [-0.1, -0.05) is 97.1 Å². The van der Waals surface area contributed by atoms with Crippen LogP contribution in [0.15, 0.2) is 12.2 Å². The van der Waals surface area contributed by atoms with Crippen molar-refractivity contribution in [3.05, 3.63) is 12.2 Å². The zero-order chi connectivity index (χ0) is 48.7. The van der Waals surface area contributed by atoms with E-state index in [9.17, 15) is 24.3 Å². The molecule has 0 aromatic heterocycles. The topological polar surface area (TPSA) is 116 Å². The van der Waals surface area contributed by atoms with Gasteiger partial charge in [0, 0.05) is 64.4 Å². The van der Waals surface area contributed by atoms with E-state index in [0.717, 1.165) is 81.0 Å². The number of Topliss-reactive ketones (excluding diaryl/α,β-unsaturated/α-hetero) is 1. The lowest BCUT2D eigenvalue weighted by molar-refractivity contribution is -0.135. The molecule has 11 atom stereocenters. The number of hydrogen-bond donors (Lipinski definition) is 2. The fourth-order valence-electron chi connectivity index (χ4n) is 14.7. The van der Waals surface area contributed by atoms with Crippen molar-refractivity contribution in [1.29, 1.82) is 0 Å². The molecular weight excluding hydrogens is 847 g/mol. The number of carbonyl (C=O) groups is 4. The Morgan fingerprint density at radius 1 is 0.750 bits per heavy atom. The summed E-state index contributed by atoms with van der Waals surface area (Å²) in [7, 11) is 1.65. The summed E-state index contributed by atoms with van der Waals surface area (Å²) in [4.78, 5) is 56.1. The lowest BCUT2D eigenvalue weighted by Crippen LogP contribution is -2.54. The smallest absolute Gasteiger partial charge is 0.222 e. The van der Waals surface area contributed by atoms with Crippen LogP contribution in [-0.4, -0.2) is 90.5 Å². The highest BCUT2D eigenvalue weighted by atomic mass is 16.5. The van der Waals surface area contributed by atoms with E-state index in [0.29, 0.717) is 68.7 Å². The number of likely N-dealkylation sites (tertiary alicyclic amines) is 1. The van der Waals surface area contributed by atoms with Crippen LogP contribution in [0.1, 0.15) is 233 Å². The molecule has 0 aromatic rings. The second-order valence-electron chi connectivity index (χ2n) is 23.4. The van der Waals surface area contributed by atoms with Crippen LogP contribution in [0.4, 0.5) is 0 Å². The largest absolute Gasteiger partial charge is 0.396 e. The standard InChI is InChI=1S/C59H103N3O6/c1-6-8-9-10-11-12-13-14-15-16-17-18-19-20-24-27-56(65)60-48-37-38-59(4)47(40-48)30-31-54-53-33-32-51(52(53)34-35-55(54)59)45(3)29-36-57(66)61(7-2)42-50(64)26-23-21-22-25-28-58(67)62-41-46(43-63)39-49(62)44-68-5/h14-15,45-49,51-55,63H,6-13,16-44H2,1-5H3,(H,60,65)/b15-14-/t45?,46-,47?,48+,49+,51?,52?,53?,54?,55?,59+/m1/s1. The number of nitrogens with zero attached hydrogens (tertiary/aromatic N) is 2. The maximum atomic E-state index is 13.5. The van der Waals surface area contributed by atoms with Gasteiger partial charge >= 0.3 is 0 Å². The molecule has 9 nitrogen and oxygen atoms in total. The Balaban J connectivity index is 0.920. The van der Waals surface area contributed by atoms with Gasteiger partial charge in [-0.15, -0.1) is 0 Å². The molecule has 0 radical (unpaired) electrons. The van der Waals surface area contributed by atoms with Crippen molar-refractivity contribution in [2.24, 2.45) is 52.8 Å². The molecule has 5 aliphatic rings. The van der Waals surface area contributed by atoms with E-state index >= 15 is 0 Å². The number of methoxy groups -OCH3 is 1. The van der Waals surface area contributed by atoms with Crippen LogP contribution in [0.2, 0.25) is 0 Å². The van der Waals surface area contributed by atoms with Crippen LogP contribution >= 0.6 is 0 Å². The highest BCUT2D eigenvalue weighted by Crippen LogP contribution is 2.64. The Morgan fingerprint density at radius 2 is 1.40 bits per heavy atom. The van der Waals surface area contributed by atoms with Gasteiger partial charge in [0.25, 0.3) is 0 Å². The van der Waals surface area contributed by atoms with E-state index in [-0.39, 0.29) is 48.6 Å². The van der Waals surface area contributed by atoms with E-state index in [4.69, 9.17) is 4.74 Å². The SMILES string of the molecule is CCCCCCCC/C=C\CCCCCCCC(=O)N[C@H]1CC[C@@]2(C)C(CCC3C4CCC(C(C)CCC(=O)N(CC)CC(=O)CCCCCCC(=O)N5C[C@H](CO)C[C@H]5COC)C4CCC32)C1. The van der Waals surface area contributed by atoms with E-state index in [1.807, 2.05) is 11.8 Å². The second-order valence-corrected chi connectivity index (χ2v) is 23.4. The van der Waals surface area contributed by atoms with Gasteiger partial charge in [-0.3, -0.25) is 19.2 Å². The zero-order valence-corrected chi connectivity index (χ0v) is 44.5. The molecular formula is C59H103N3O6. The summed E-state index contributed by atoms with van der Waals surface area (Å²) in [5.41, 5.74) is 0.407. The molecule has 9 heteroatoms. The summed E-state index contributed by atoms with van der Waals surface area (Å²) in [5, 5.41) is 13.1. The second kappa shape index (κ2) is 30.6. The molecule has 4 saturated carbocycles. The molecule has 390 valence electrons. The first-order chi connectivity index (χ1) is 33.0. The van der Waals surface area contributed by atoms with Crippen LogP contribution in [0.3, 0.4) is 0 Å². The number of aliphatic hydroxyl groups excluding tert-OH is 1. The molecule has 5 fully saturated rings. The Morgan fingerprint density at radius 3 is 2.09 bits per heavy atom. The number of fused-ring (bicyclic) bond motifs is 5. The minimum Gasteiger partial charge on any atom is -0.396 e. The van der Waals surface area contributed by atoms with E-state index in [2.05, 4.69) is 38.2 Å². The molecule has 2 N–H and O–H groups in total. The number of rotatable bonds is 33. The fourth-order valence-corrected chi connectivity index (χ4v) is 14.7. The van der Waals surface area contributed by atoms with Crippen LogP contribution in [0, 0.1) is 52.8 Å². The summed E-state index contributed by atoms with van der Waals surface area (Å²) in [6, 6.07) is 0.409. The summed E-state index contributed by atoms with van der Waals surface area (Å²) in [5.74, 6) is 6.08. The number of unbranched alkanes of at least 4 members (excludes halogenated alkanes) is 14. The monoisotopic (exact) mass is 950 g/mol. The summed E-state index contributed by atoms with van der Waals surface area (Å²) in [6.07, 6.45) is 40.4. The maximum absolute atomic E-state index is 13.5. The summed E-state index contributed by atoms with van der Waals surface area (Å²) in [6.45, 7) is 11.3. The van der Waals surface area contributed by atoms with Crippen molar-refractivity contribution in [3.8, 4) is 0 Å². The predicted molar refractivity (Wildman–Crippen MR) is 278 cm³/mol. The van der Waals surface area contributed by atoms with Crippen molar-refractivity contribution in [1.82, 2.24) is 15.1 Å². The Hall–Kier alpha value is -2.26. The minimum atomic E-state index is 0.0517. The number of nitrogens with one attached hydrogen (secondary N) is 1. The molecule has 1 saturated heterocycles. The summed E-state index contributed by atoms with van der Waals surface area (Å²) >= 11 is 0. The number of ketones is 1. The first-order valence-corrected chi connectivity index (χ1v) is 29.2. The third-order valence-electron chi connectivity index (χ3n) is 18.8. The number of likely N-dealkylation sites (N-methyl/N-ethyl adjacent to an activating group) is 1. The number of allylic oxidation sites excluding steroid dienone is 2. The predicted octanol–water partition coefficient (Wildman–Crippen LogP) is 12.8. The molecule has 0 aromatic carbocycles. The molecule has 1 heterocycles. The first kappa shape index (κ1) is 56.7. The number of amides is 3. The van der Waals surface area contributed by atoms with E-state index in [1.165, 1.54) is 128 Å². The third-order valence-corrected chi connectivity index (χ3v) is 18.8. The van der Waals surface area contributed by atoms with Crippen molar-refractivity contribution >= 4 is 23.5 Å². The third kappa shape index (κ3) is 17.2. The van der Waals surface area contributed by atoms with Crippen LogP contribution in [0.25, 0.3) is 0 Å². The summed E-state index contributed by atoms with van der Waals surface area (Å²) < 4.78 is 5.31. The van der Waals surface area contributed by atoms with Gasteiger partial charge in [0.1, 0.15) is 0 Å². The van der Waals surface area contributed by atoms with Gasteiger partial charge in [0.15, 0.2) is 5.78 Å². The molecule has 68 heavy (non-hydrogen) atoms. The molecule has 5 rings (SSSR count). The number of carbonyl (C=O) groups excluding carboxylic acids is 4. The molecule has 1 aliphatic heterocycles. The van der Waals surface area contributed by atoms with Crippen molar-refractivity contribution in [2.75, 3.05) is 40.0 Å². The first-order valence-electron chi connectivity index (χ1n) is 29.2. The van der Waals surface area contributed by atoms with Crippen molar-refractivity contribution in [2.45, 2.75) is 245 Å². The lowest BCUT2D eigenvalue weighted by Gasteiger charge is -2.59. The Labute approximate surface area is 416 Å². The molecule has 0 spiro atoms. The number of hydrogen-bond acceptors (Lipinski definition) is 6. The highest BCUT2D eigenvalue weighted by molar-refractivity contribution is 5.86. The van der Waals surface area contributed by atoms with Gasteiger partial charge in [0.05, 0.1) is 19.2 Å². The molecule has 0 bridgehead atoms. The van der Waals surface area contributed by atoms with Gasteiger partial charge in [-0.05, 0) is 169 Å². The van der Waals surface area contributed by atoms with Crippen LogP contribution in [0.5, 0.6) is 0 Å². The van der Waals surface area contributed by atoms with E-state index < -0.39 is 0 Å². The quantitative estimate of drug-likeness (QED) is 0.0500. The number of aliphatic hydroxyl groups is 1. The van der Waals surface area contributed by atoms with E-state index in [1.54, 1.807) is 12.0 Å². The van der Waals surface area contributed by atoms with Crippen molar-refractivity contribution < 1.29 is 29.0 Å². The van der Waals surface area contributed by atoms with Gasteiger partial charge in [-0.2, -0.15) is 0 Å². The van der Waals surface area contributed by atoms with Crippen LogP contribution in [-0.2, 0) is 23.9 Å². The Kier molecular flexibility index (Phi) is 25.5. The minimum absolute atomic E-state index is 0.0517. The zero-order valence-electron chi connectivity index (χ0n) is 44.5. The van der Waals surface area contributed by atoms with Gasteiger partial charge < -0.3 is 25.0 Å². The van der Waals surface area contributed by atoms with Crippen LogP contribution < -0.4 is 5.32 Å². The Bertz CT molecular complexity index is 1520. The lowest BCUT2D eigenvalue weighted by atomic mass is 9.46. The average molecular weight is 950 g/mol. The number of ether oxygens (including phenoxy) is 1. The van der Waals surface area contributed by atoms with Crippen molar-refractivity contribution in [3.63, 3.8) is 0 Å². The normalized spacial score (nSPS) is 29.4. The molecule has 4 aliphatic carbocycles. The van der Waals surface area contributed by atoms with Gasteiger partial charge in [-0.25, -0.2) is 0 Å². The molecule has 3 amide bonds.